The number of piperazine rings is 1. The minimum absolute atomic E-state index is 0.107. The first-order valence-corrected chi connectivity index (χ1v) is 6.67. The maximum atomic E-state index is 11.2. The third-order valence-electron chi connectivity index (χ3n) is 3.79. The van der Waals surface area contributed by atoms with Crippen molar-refractivity contribution in [2.45, 2.75) is 19.9 Å². The van der Waals surface area contributed by atoms with Crippen LogP contribution in [0.3, 0.4) is 0 Å². The van der Waals surface area contributed by atoms with Gasteiger partial charge in [0.15, 0.2) is 0 Å². The molecule has 1 aliphatic rings. The first-order chi connectivity index (χ1) is 9.54. The van der Waals surface area contributed by atoms with Crippen molar-refractivity contribution in [1.82, 2.24) is 4.90 Å². The van der Waals surface area contributed by atoms with Gasteiger partial charge >= 0.3 is 0 Å². The van der Waals surface area contributed by atoms with Crippen LogP contribution in [0.5, 0.6) is 0 Å². The fraction of sp³-hybridized carbons (Fsp3) is 0.500. The molecule has 0 radical (unpaired) electrons. The molecule has 1 unspecified atom stereocenters. The number of benzene rings is 1. The minimum Gasteiger partial charge on any atom is -0.363 e. The summed E-state index contributed by atoms with van der Waals surface area (Å²) in [6, 6.07) is 7.53. The van der Waals surface area contributed by atoms with Crippen LogP contribution in [0.1, 0.15) is 12.5 Å². The highest BCUT2D eigenvalue weighted by Crippen LogP contribution is 2.31. The maximum Gasteiger partial charge on any atom is 0.295 e. The monoisotopic (exact) mass is 274 g/mol. The summed E-state index contributed by atoms with van der Waals surface area (Å²) in [6.45, 7) is 6.55. The molecule has 1 aromatic carbocycles. The van der Waals surface area contributed by atoms with Crippen LogP contribution in [0, 0.1) is 28.4 Å². The molecular formula is C14H18N4O2. The van der Waals surface area contributed by atoms with E-state index in [1.807, 2.05) is 17.9 Å². The van der Waals surface area contributed by atoms with Crippen LogP contribution in [0.15, 0.2) is 18.2 Å². The number of rotatable bonds is 3. The first-order valence-electron chi connectivity index (χ1n) is 6.67. The standard InChI is InChI=1S/C14H18N4O2/c1-11-4-3-5-13(14(11)18(19)20)17-8-6-16(7-9-17)12(2)10-15/h3-5,12H,6-9H2,1-2H3. The van der Waals surface area contributed by atoms with Gasteiger partial charge in [-0.05, 0) is 19.9 Å². The highest BCUT2D eigenvalue weighted by atomic mass is 16.6. The van der Waals surface area contributed by atoms with Crippen molar-refractivity contribution in [3.05, 3.63) is 33.9 Å². The second-order valence-electron chi connectivity index (χ2n) is 5.03. The number of nitriles is 1. The third-order valence-corrected chi connectivity index (χ3v) is 3.79. The molecule has 0 amide bonds. The van der Waals surface area contributed by atoms with E-state index in [-0.39, 0.29) is 16.7 Å². The Balaban J connectivity index is 2.18. The summed E-state index contributed by atoms with van der Waals surface area (Å²) in [6.07, 6.45) is 0. The van der Waals surface area contributed by atoms with Crippen LogP contribution in [-0.2, 0) is 0 Å². The van der Waals surface area contributed by atoms with E-state index < -0.39 is 0 Å². The predicted molar refractivity (Wildman–Crippen MR) is 76.7 cm³/mol. The lowest BCUT2D eigenvalue weighted by atomic mass is 10.1. The van der Waals surface area contributed by atoms with Gasteiger partial charge in [0.2, 0.25) is 0 Å². The largest absolute Gasteiger partial charge is 0.363 e. The van der Waals surface area contributed by atoms with Gasteiger partial charge in [-0.25, -0.2) is 0 Å². The molecule has 0 N–H and O–H groups in total. The Morgan fingerprint density at radius 3 is 2.55 bits per heavy atom. The molecule has 0 aromatic heterocycles. The van der Waals surface area contributed by atoms with Crippen molar-refractivity contribution in [1.29, 1.82) is 5.26 Å². The lowest BCUT2D eigenvalue weighted by Crippen LogP contribution is -2.49. The lowest BCUT2D eigenvalue weighted by Gasteiger charge is -2.36. The Bertz CT molecular complexity index is 545. The van der Waals surface area contributed by atoms with Gasteiger partial charge in [0.1, 0.15) is 5.69 Å². The number of para-hydroxylation sites is 1. The summed E-state index contributed by atoms with van der Waals surface area (Å²) in [5.74, 6) is 0. The van der Waals surface area contributed by atoms with Gasteiger partial charge in [-0.3, -0.25) is 15.0 Å². The number of nitro benzene ring substituents is 1. The average Bonchev–Trinajstić information content (AvgIpc) is 2.46. The molecule has 1 fully saturated rings. The van der Waals surface area contributed by atoms with E-state index in [0.29, 0.717) is 24.3 Å². The van der Waals surface area contributed by atoms with Crippen molar-refractivity contribution >= 4 is 11.4 Å². The molecule has 0 saturated carbocycles. The number of hydrogen-bond acceptors (Lipinski definition) is 5. The quantitative estimate of drug-likeness (QED) is 0.622. The second kappa shape index (κ2) is 5.88. The zero-order chi connectivity index (χ0) is 14.7. The van der Waals surface area contributed by atoms with Crippen molar-refractivity contribution in [2.75, 3.05) is 31.1 Å². The molecule has 2 rings (SSSR count). The van der Waals surface area contributed by atoms with Gasteiger partial charge in [0.05, 0.1) is 17.0 Å². The van der Waals surface area contributed by atoms with E-state index in [2.05, 4.69) is 11.0 Å². The second-order valence-corrected chi connectivity index (χ2v) is 5.03. The van der Waals surface area contributed by atoms with Crippen LogP contribution in [0.2, 0.25) is 0 Å². The van der Waals surface area contributed by atoms with Crippen LogP contribution in [0.25, 0.3) is 0 Å². The van der Waals surface area contributed by atoms with E-state index >= 15 is 0 Å². The van der Waals surface area contributed by atoms with Gasteiger partial charge < -0.3 is 4.90 Å². The molecule has 1 aliphatic heterocycles. The van der Waals surface area contributed by atoms with Gasteiger partial charge in [0, 0.05) is 31.7 Å². The van der Waals surface area contributed by atoms with Crippen LogP contribution >= 0.6 is 0 Å². The van der Waals surface area contributed by atoms with Gasteiger partial charge in [0.25, 0.3) is 5.69 Å². The Hall–Kier alpha value is -2.13. The summed E-state index contributed by atoms with van der Waals surface area (Å²) in [4.78, 5) is 15.0. The van der Waals surface area contributed by atoms with Crippen LogP contribution < -0.4 is 4.90 Å². The van der Waals surface area contributed by atoms with E-state index in [0.717, 1.165) is 13.1 Å². The highest BCUT2D eigenvalue weighted by Gasteiger charge is 2.26. The van der Waals surface area contributed by atoms with Crippen molar-refractivity contribution < 1.29 is 4.92 Å². The molecule has 20 heavy (non-hydrogen) atoms. The normalized spacial score (nSPS) is 17.6. The van der Waals surface area contributed by atoms with Crippen LogP contribution in [0.4, 0.5) is 11.4 Å². The Morgan fingerprint density at radius 1 is 1.35 bits per heavy atom. The van der Waals surface area contributed by atoms with E-state index in [4.69, 9.17) is 5.26 Å². The summed E-state index contributed by atoms with van der Waals surface area (Å²) < 4.78 is 0. The number of aryl methyl sites for hydroxylation is 1. The first kappa shape index (κ1) is 14.3. The summed E-state index contributed by atoms with van der Waals surface area (Å²) >= 11 is 0. The van der Waals surface area contributed by atoms with Crippen LogP contribution in [-0.4, -0.2) is 42.0 Å². The molecular weight excluding hydrogens is 256 g/mol. The maximum absolute atomic E-state index is 11.2. The topological polar surface area (TPSA) is 73.4 Å². The number of nitrogens with zero attached hydrogens (tertiary/aromatic N) is 4. The fourth-order valence-electron chi connectivity index (χ4n) is 2.57. The van der Waals surface area contributed by atoms with Gasteiger partial charge in [-0.15, -0.1) is 0 Å². The smallest absolute Gasteiger partial charge is 0.295 e. The minimum atomic E-state index is -0.311. The molecule has 1 aromatic rings. The van der Waals surface area contributed by atoms with E-state index in [1.54, 1.807) is 19.1 Å². The molecule has 6 heteroatoms. The van der Waals surface area contributed by atoms with E-state index in [9.17, 15) is 10.1 Å². The number of hydrogen-bond donors (Lipinski definition) is 0. The number of nitro groups is 1. The van der Waals surface area contributed by atoms with Gasteiger partial charge in [-0.1, -0.05) is 12.1 Å². The molecule has 1 saturated heterocycles. The van der Waals surface area contributed by atoms with Crippen molar-refractivity contribution in [3.63, 3.8) is 0 Å². The molecule has 0 bridgehead atoms. The number of anilines is 1. The van der Waals surface area contributed by atoms with Gasteiger partial charge in [-0.2, -0.15) is 5.26 Å². The Kier molecular flexibility index (Phi) is 4.20. The predicted octanol–water partition coefficient (Wildman–Crippen LogP) is 1.94. The molecule has 0 spiro atoms. The highest BCUT2D eigenvalue weighted by molar-refractivity contribution is 5.66. The summed E-state index contributed by atoms with van der Waals surface area (Å²) in [5.41, 5.74) is 1.55. The SMILES string of the molecule is Cc1cccc(N2CCN(C(C)C#N)CC2)c1[N+](=O)[O-]. The third kappa shape index (κ3) is 2.73. The molecule has 1 atom stereocenters. The molecule has 1 heterocycles. The van der Waals surface area contributed by atoms with Crippen molar-refractivity contribution in [3.8, 4) is 6.07 Å². The zero-order valence-electron chi connectivity index (χ0n) is 11.7. The van der Waals surface area contributed by atoms with E-state index in [1.165, 1.54) is 0 Å². The molecule has 0 aliphatic carbocycles. The summed E-state index contributed by atoms with van der Waals surface area (Å²) in [5, 5.41) is 20.2. The Labute approximate surface area is 118 Å². The zero-order valence-corrected chi connectivity index (χ0v) is 11.7. The van der Waals surface area contributed by atoms with Crippen molar-refractivity contribution in [2.24, 2.45) is 0 Å². The summed E-state index contributed by atoms with van der Waals surface area (Å²) in [7, 11) is 0. The Morgan fingerprint density at radius 2 is 2.00 bits per heavy atom. The fourth-order valence-corrected chi connectivity index (χ4v) is 2.57. The molecule has 106 valence electrons. The molecule has 6 nitrogen and oxygen atoms in total. The average molecular weight is 274 g/mol. The lowest BCUT2D eigenvalue weighted by molar-refractivity contribution is -0.384.